The van der Waals surface area contributed by atoms with Crippen molar-refractivity contribution in [2.24, 2.45) is 0 Å². The molecule has 1 aromatic heterocycles. The van der Waals surface area contributed by atoms with Crippen LogP contribution in [0.15, 0.2) is 36.4 Å². The van der Waals surface area contributed by atoms with Crippen LogP contribution < -0.4 is 19.5 Å². The van der Waals surface area contributed by atoms with Crippen LogP contribution >= 0.6 is 11.3 Å². The Labute approximate surface area is 156 Å². The molecule has 4 rings (SSSR count). The molecule has 10 heteroatoms. The molecule has 1 aliphatic heterocycles. The number of benzene rings is 2. The van der Waals surface area contributed by atoms with E-state index < -0.39 is 16.9 Å². The predicted octanol–water partition coefficient (Wildman–Crippen LogP) is 2.99. The Morgan fingerprint density at radius 3 is 2.89 bits per heavy atom. The number of ether oxygens (including phenoxy) is 3. The number of nitrogens with one attached hydrogen (secondary N) is 1. The Balaban J connectivity index is 1.57. The highest BCUT2D eigenvalue weighted by Crippen LogP contribution is 2.36. The lowest BCUT2D eigenvalue weighted by molar-refractivity contribution is -0.384. The third-order valence-electron chi connectivity index (χ3n) is 3.91. The van der Waals surface area contributed by atoms with Crippen molar-refractivity contribution >= 4 is 38.3 Å². The van der Waals surface area contributed by atoms with Crippen molar-refractivity contribution in [1.82, 2.24) is 4.98 Å². The van der Waals surface area contributed by atoms with E-state index >= 15 is 0 Å². The van der Waals surface area contributed by atoms with Crippen LogP contribution in [0.2, 0.25) is 0 Å². The SMILES string of the molecule is COc1cc([N+](=O)[O-])cc2sc(NC(=O)C3COc4ccccc4O3)nc12. The first-order chi connectivity index (χ1) is 13.0. The van der Waals surface area contributed by atoms with Crippen molar-refractivity contribution in [2.75, 3.05) is 19.0 Å². The third-order valence-corrected chi connectivity index (χ3v) is 4.82. The van der Waals surface area contributed by atoms with E-state index in [0.29, 0.717) is 21.7 Å². The van der Waals surface area contributed by atoms with Crippen molar-refractivity contribution in [3.05, 3.63) is 46.5 Å². The van der Waals surface area contributed by atoms with E-state index in [-0.39, 0.29) is 23.2 Å². The van der Waals surface area contributed by atoms with Gasteiger partial charge in [-0.05, 0) is 12.1 Å². The summed E-state index contributed by atoms with van der Waals surface area (Å²) in [5.74, 6) is 0.920. The van der Waals surface area contributed by atoms with Gasteiger partial charge in [0, 0.05) is 6.07 Å². The van der Waals surface area contributed by atoms with Crippen LogP contribution in [0.25, 0.3) is 10.2 Å². The highest BCUT2D eigenvalue weighted by Gasteiger charge is 2.28. The van der Waals surface area contributed by atoms with Crippen molar-refractivity contribution in [2.45, 2.75) is 6.10 Å². The number of carbonyl (C=O) groups excluding carboxylic acids is 1. The zero-order chi connectivity index (χ0) is 19.0. The summed E-state index contributed by atoms with van der Waals surface area (Å²) in [4.78, 5) is 27.3. The maximum absolute atomic E-state index is 12.5. The summed E-state index contributed by atoms with van der Waals surface area (Å²) in [6, 6.07) is 9.77. The smallest absolute Gasteiger partial charge is 0.274 e. The third kappa shape index (κ3) is 3.22. The first-order valence-electron chi connectivity index (χ1n) is 7.87. The number of amides is 1. The van der Waals surface area contributed by atoms with Crippen molar-refractivity contribution in [3.8, 4) is 17.2 Å². The number of para-hydroxylation sites is 2. The summed E-state index contributed by atoms with van der Waals surface area (Å²) in [6.07, 6.45) is -0.830. The van der Waals surface area contributed by atoms with Gasteiger partial charge in [0.25, 0.3) is 11.6 Å². The second-order valence-corrected chi connectivity index (χ2v) is 6.66. The summed E-state index contributed by atoms with van der Waals surface area (Å²) < 4.78 is 16.9. The van der Waals surface area contributed by atoms with Crippen LogP contribution in [-0.2, 0) is 4.79 Å². The average Bonchev–Trinajstić information content (AvgIpc) is 3.09. The fraction of sp³-hybridized carbons (Fsp3) is 0.176. The molecule has 1 atom stereocenters. The van der Waals surface area contributed by atoms with Gasteiger partial charge in [-0.25, -0.2) is 4.98 Å². The Kier molecular flexibility index (Phi) is 4.24. The largest absolute Gasteiger partial charge is 0.494 e. The molecule has 138 valence electrons. The van der Waals surface area contributed by atoms with Crippen molar-refractivity contribution < 1.29 is 23.9 Å². The highest BCUT2D eigenvalue weighted by atomic mass is 32.1. The van der Waals surface area contributed by atoms with Gasteiger partial charge in [-0.3, -0.25) is 20.2 Å². The van der Waals surface area contributed by atoms with Gasteiger partial charge in [-0.15, -0.1) is 0 Å². The minimum Gasteiger partial charge on any atom is -0.494 e. The molecule has 1 amide bonds. The number of carbonyl (C=O) groups is 1. The molecule has 0 radical (unpaired) electrons. The van der Waals surface area contributed by atoms with E-state index in [0.717, 1.165) is 11.3 Å². The molecule has 3 aromatic rings. The monoisotopic (exact) mass is 387 g/mol. The summed E-state index contributed by atoms with van der Waals surface area (Å²) in [5, 5.41) is 14.0. The van der Waals surface area contributed by atoms with Gasteiger partial charge in [0.05, 0.1) is 22.8 Å². The molecule has 0 spiro atoms. The Morgan fingerprint density at radius 2 is 2.15 bits per heavy atom. The number of anilines is 1. The van der Waals surface area contributed by atoms with Gasteiger partial charge < -0.3 is 14.2 Å². The fourth-order valence-corrected chi connectivity index (χ4v) is 3.55. The van der Waals surface area contributed by atoms with Crippen molar-refractivity contribution in [1.29, 1.82) is 0 Å². The van der Waals surface area contributed by atoms with Gasteiger partial charge in [0.15, 0.2) is 22.4 Å². The summed E-state index contributed by atoms with van der Waals surface area (Å²) in [7, 11) is 1.40. The lowest BCUT2D eigenvalue weighted by Gasteiger charge is -2.25. The molecule has 0 saturated carbocycles. The molecule has 1 unspecified atom stereocenters. The number of nitro groups is 1. The van der Waals surface area contributed by atoms with Crippen LogP contribution in [0.3, 0.4) is 0 Å². The molecule has 0 saturated heterocycles. The minimum absolute atomic E-state index is 0.0720. The number of aromatic nitrogens is 1. The Bertz CT molecular complexity index is 1050. The van der Waals surface area contributed by atoms with Gasteiger partial charge in [0.2, 0.25) is 6.10 Å². The first-order valence-corrected chi connectivity index (χ1v) is 8.69. The number of thiazole rings is 1. The molecule has 0 fully saturated rings. The van der Waals surface area contributed by atoms with E-state index in [2.05, 4.69) is 10.3 Å². The number of methoxy groups -OCH3 is 1. The summed E-state index contributed by atoms with van der Waals surface area (Å²) >= 11 is 1.11. The summed E-state index contributed by atoms with van der Waals surface area (Å²) in [6.45, 7) is 0.0720. The number of nitro benzene ring substituents is 1. The van der Waals surface area contributed by atoms with E-state index in [1.165, 1.54) is 19.2 Å². The second kappa shape index (κ2) is 6.72. The van der Waals surface area contributed by atoms with Gasteiger partial charge in [-0.1, -0.05) is 23.5 Å². The molecule has 2 aromatic carbocycles. The quantitative estimate of drug-likeness (QED) is 0.541. The van der Waals surface area contributed by atoms with Crippen LogP contribution in [0.4, 0.5) is 10.8 Å². The molecular formula is C17H13N3O6S. The predicted molar refractivity (Wildman–Crippen MR) is 97.8 cm³/mol. The van der Waals surface area contributed by atoms with Crippen LogP contribution in [0, 0.1) is 10.1 Å². The molecule has 9 nitrogen and oxygen atoms in total. The van der Waals surface area contributed by atoms with E-state index in [9.17, 15) is 14.9 Å². The van der Waals surface area contributed by atoms with Gasteiger partial charge in [0.1, 0.15) is 12.1 Å². The number of fused-ring (bicyclic) bond motifs is 2. The maximum atomic E-state index is 12.5. The molecule has 1 N–H and O–H groups in total. The average molecular weight is 387 g/mol. The zero-order valence-corrected chi connectivity index (χ0v) is 14.8. The number of hydrogen-bond acceptors (Lipinski definition) is 8. The standard InChI is InChI=1S/C17H13N3O6S/c1-24-12-6-9(20(22)23)7-14-15(12)18-17(27-14)19-16(21)13-8-25-10-4-2-3-5-11(10)26-13/h2-7,13H,8H2,1H3,(H,18,19,21). The molecule has 0 aliphatic carbocycles. The van der Waals surface area contributed by atoms with E-state index in [1.54, 1.807) is 18.2 Å². The first kappa shape index (κ1) is 17.0. The molecule has 0 bridgehead atoms. The zero-order valence-electron chi connectivity index (χ0n) is 14.0. The topological polar surface area (TPSA) is 113 Å². The lowest BCUT2D eigenvalue weighted by atomic mass is 10.2. The van der Waals surface area contributed by atoms with Crippen LogP contribution in [-0.4, -0.2) is 35.6 Å². The number of hydrogen-bond donors (Lipinski definition) is 1. The minimum atomic E-state index is -0.830. The number of non-ortho nitro benzene ring substituents is 1. The highest BCUT2D eigenvalue weighted by molar-refractivity contribution is 7.22. The molecule has 27 heavy (non-hydrogen) atoms. The lowest BCUT2D eigenvalue weighted by Crippen LogP contribution is -2.40. The molecule has 1 aliphatic rings. The van der Waals surface area contributed by atoms with E-state index in [1.807, 2.05) is 6.07 Å². The molecule has 2 heterocycles. The van der Waals surface area contributed by atoms with Crippen molar-refractivity contribution in [3.63, 3.8) is 0 Å². The normalized spacial score (nSPS) is 15.4. The Morgan fingerprint density at radius 1 is 1.37 bits per heavy atom. The van der Waals surface area contributed by atoms with Gasteiger partial charge in [-0.2, -0.15) is 0 Å². The second-order valence-electron chi connectivity index (χ2n) is 5.62. The van der Waals surface area contributed by atoms with E-state index in [4.69, 9.17) is 14.2 Å². The summed E-state index contributed by atoms with van der Waals surface area (Å²) in [5.41, 5.74) is 0.330. The Hall–Kier alpha value is -3.40. The number of rotatable bonds is 4. The number of nitrogens with zero attached hydrogens (tertiary/aromatic N) is 2. The van der Waals surface area contributed by atoms with Crippen LogP contribution in [0.5, 0.6) is 17.2 Å². The fourth-order valence-electron chi connectivity index (χ4n) is 2.63. The molecular weight excluding hydrogens is 374 g/mol. The van der Waals surface area contributed by atoms with Crippen LogP contribution in [0.1, 0.15) is 0 Å². The van der Waals surface area contributed by atoms with Gasteiger partial charge >= 0.3 is 0 Å². The maximum Gasteiger partial charge on any atom is 0.274 e.